The minimum Gasteiger partial charge on any atom is -0.481 e. The van der Waals surface area contributed by atoms with Crippen molar-refractivity contribution in [2.45, 2.75) is 26.4 Å². The van der Waals surface area contributed by atoms with E-state index < -0.39 is 0 Å². The van der Waals surface area contributed by atoms with Gasteiger partial charge in [-0.15, -0.1) is 0 Å². The molecular formula is C9H15N3O2. The third-order valence-corrected chi connectivity index (χ3v) is 1.76. The van der Waals surface area contributed by atoms with Crippen molar-refractivity contribution in [3.05, 3.63) is 11.9 Å². The lowest BCUT2D eigenvalue weighted by Gasteiger charge is -2.20. The summed E-state index contributed by atoms with van der Waals surface area (Å²) < 4.78 is 4.99. The summed E-state index contributed by atoms with van der Waals surface area (Å²) in [6, 6.07) is 0. The first-order valence-electron chi connectivity index (χ1n) is 4.55. The Morgan fingerprint density at radius 1 is 1.79 bits per heavy atom. The van der Waals surface area contributed by atoms with Crippen LogP contribution >= 0.6 is 0 Å². The summed E-state index contributed by atoms with van der Waals surface area (Å²) in [6.45, 7) is 3.68. The number of aliphatic imine (C=N–C) groups is 1. The fourth-order valence-electron chi connectivity index (χ4n) is 1.07. The summed E-state index contributed by atoms with van der Waals surface area (Å²) in [4.78, 5) is 15.2. The van der Waals surface area contributed by atoms with E-state index in [0.29, 0.717) is 18.1 Å². The zero-order valence-electron chi connectivity index (χ0n) is 8.63. The maximum atomic E-state index is 11.1. The van der Waals surface area contributed by atoms with E-state index >= 15 is 0 Å². The number of hydrogen-bond acceptors (Lipinski definition) is 4. The summed E-state index contributed by atoms with van der Waals surface area (Å²) in [5, 5.41) is 5.72. The highest BCUT2D eigenvalue weighted by Crippen LogP contribution is 2.01. The van der Waals surface area contributed by atoms with E-state index in [1.807, 2.05) is 6.92 Å². The average molecular weight is 197 g/mol. The molecule has 14 heavy (non-hydrogen) atoms. The molecule has 0 radical (unpaired) electrons. The van der Waals surface area contributed by atoms with Crippen LogP contribution in [0.4, 0.5) is 0 Å². The normalized spacial score (nSPS) is 20.4. The second-order valence-corrected chi connectivity index (χ2v) is 2.95. The van der Waals surface area contributed by atoms with Crippen LogP contribution in [0.2, 0.25) is 0 Å². The molecule has 1 unspecified atom stereocenters. The average Bonchev–Trinajstić information content (AvgIpc) is 2.16. The van der Waals surface area contributed by atoms with Crippen LogP contribution in [0, 0.1) is 0 Å². The quantitative estimate of drug-likeness (QED) is 0.671. The molecular weight excluding hydrogens is 182 g/mol. The molecule has 5 nitrogen and oxygen atoms in total. The monoisotopic (exact) mass is 197 g/mol. The number of ether oxygens (including phenoxy) is 1. The lowest BCUT2D eigenvalue weighted by Crippen LogP contribution is -2.38. The van der Waals surface area contributed by atoms with Crippen molar-refractivity contribution in [1.82, 2.24) is 10.6 Å². The number of carbonyl (C=O) groups excluding carboxylic acids is 1. The van der Waals surface area contributed by atoms with E-state index in [2.05, 4.69) is 15.6 Å². The van der Waals surface area contributed by atoms with E-state index in [1.54, 1.807) is 20.1 Å². The van der Waals surface area contributed by atoms with E-state index in [9.17, 15) is 4.79 Å². The predicted molar refractivity (Wildman–Crippen MR) is 53.6 cm³/mol. The second-order valence-electron chi connectivity index (χ2n) is 2.95. The van der Waals surface area contributed by atoms with Crippen molar-refractivity contribution in [3.8, 4) is 0 Å². The molecule has 0 saturated carbocycles. The highest BCUT2D eigenvalue weighted by molar-refractivity contribution is 5.90. The zero-order valence-corrected chi connectivity index (χ0v) is 8.63. The van der Waals surface area contributed by atoms with E-state index in [4.69, 9.17) is 4.74 Å². The molecule has 0 saturated heterocycles. The molecule has 2 N–H and O–H groups in total. The van der Waals surface area contributed by atoms with Gasteiger partial charge in [-0.05, 0) is 6.92 Å². The van der Waals surface area contributed by atoms with Crippen LogP contribution in [0.3, 0.4) is 0 Å². The maximum absolute atomic E-state index is 11.1. The number of carbonyl (C=O) groups is 1. The van der Waals surface area contributed by atoms with Gasteiger partial charge in [-0.25, -0.2) is 4.99 Å². The van der Waals surface area contributed by atoms with Gasteiger partial charge in [-0.2, -0.15) is 0 Å². The van der Waals surface area contributed by atoms with Gasteiger partial charge in [0.15, 0.2) is 0 Å². The topological polar surface area (TPSA) is 62.7 Å². The Balaban J connectivity index is 2.65. The number of hydrogen-bond donors (Lipinski definition) is 2. The molecule has 0 bridgehead atoms. The van der Waals surface area contributed by atoms with Crippen molar-refractivity contribution in [3.63, 3.8) is 0 Å². The summed E-state index contributed by atoms with van der Waals surface area (Å²) in [5.41, 5.74) is 0. The first-order chi connectivity index (χ1) is 6.65. The fourth-order valence-corrected chi connectivity index (χ4v) is 1.07. The molecule has 1 rings (SSSR count). The summed E-state index contributed by atoms with van der Waals surface area (Å²) in [7, 11) is 1.55. The van der Waals surface area contributed by atoms with Crippen LogP contribution in [0.15, 0.2) is 16.9 Å². The minimum absolute atomic E-state index is 0.0340. The molecule has 0 fully saturated rings. The summed E-state index contributed by atoms with van der Waals surface area (Å²) in [5.74, 6) is 1.12. The van der Waals surface area contributed by atoms with Gasteiger partial charge < -0.3 is 15.4 Å². The highest BCUT2D eigenvalue weighted by Gasteiger charge is 2.12. The molecule has 0 aromatic heterocycles. The first kappa shape index (κ1) is 10.6. The molecule has 78 valence electrons. The van der Waals surface area contributed by atoms with Gasteiger partial charge in [-0.3, -0.25) is 4.79 Å². The van der Waals surface area contributed by atoms with Gasteiger partial charge in [-0.1, -0.05) is 6.92 Å². The fraction of sp³-hybridized carbons (Fsp3) is 0.556. The number of nitrogens with zero attached hydrogens (tertiary/aromatic N) is 1. The predicted octanol–water partition coefficient (Wildman–Crippen LogP) is 0.348. The minimum atomic E-state index is -0.0814. The van der Waals surface area contributed by atoms with Gasteiger partial charge in [0.25, 0.3) is 0 Å². The smallest absolute Gasteiger partial charge is 0.225 e. The van der Waals surface area contributed by atoms with Crippen LogP contribution < -0.4 is 10.6 Å². The third-order valence-electron chi connectivity index (χ3n) is 1.76. The van der Waals surface area contributed by atoms with Gasteiger partial charge in [0.05, 0.1) is 7.11 Å². The van der Waals surface area contributed by atoms with Crippen molar-refractivity contribution < 1.29 is 9.53 Å². The first-order valence-corrected chi connectivity index (χ1v) is 4.55. The van der Waals surface area contributed by atoms with E-state index in [0.717, 1.165) is 0 Å². The van der Waals surface area contributed by atoms with Gasteiger partial charge in [0.1, 0.15) is 12.0 Å². The molecule has 1 amide bonds. The zero-order chi connectivity index (χ0) is 10.6. The lowest BCUT2D eigenvalue weighted by atomic mass is 10.4. The van der Waals surface area contributed by atoms with Crippen LogP contribution in [-0.2, 0) is 9.53 Å². The SMILES string of the molecule is CCC(=O)NC1=CC(OC)=NC(C)N1. The summed E-state index contributed by atoms with van der Waals surface area (Å²) in [6.07, 6.45) is 2.03. The summed E-state index contributed by atoms with van der Waals surface area (Å²) >= 11 is 0. The Morgan fingerprint density at radius 2 is 2.50 bits per heavy atom. The molecule has 0 aromatic carbocycles. The van der Waals surface area contributed by atoms with Crippen molar-refractivity contribution in [2.24, 2.45) is 4.99 Å². The number of nitrogens with one attached hydrogen (secondary N) is 2. The van der Waals surface area contributed by atoms with Gasteiger partial charge in [0, 0.05) is 12.5 Å². The maximum Gasteiger partial charge on any atom is 0.225 e. The molecule has 0 aliphatic carbocycles. The Kier molecular flexibility index (Phi) is 3.50. The molecule has 1 heterocycles. The molecule has 1 aliphatic heterocycles. The van der Waals surface area contributed by atoms with Crippen molar-refractivity contribution in [2.75, 3.05) is 7.11 Å². The molecule has 0 aromatic rings. The Bertz CT molecular complexity index is 284. The molecule has 5 heteroatoms. The number of methoxy groups -OCH3 is 1. The van der Waals surface area contributed by atoms with Crippen LogP contribution in [0.1, 0.15) is 20.3 Å². The lowest BCUT2D eigenvalue weighted by molar-refractivity contribution is -0.120. The third kappa shape index (κ3) is 2.76. The van der Waals surface area contributed by atoms with Crippen molar-refractivity contribution in [1.29, 1.82) is 0 Å². The Labute approximate surface area is 83.2 Å². The van der Waals surface area contributed by atoms with Crippen LogP contribution in [0.25, 0.3) is 0 Å². The Hall–Kier alpha value is -1.52. The van der Waals surface area contributed by atoms with Gasteiger partial charge >= 0.3 is 0 Å². The van der Waals surface area contributed by atoms with E-state index in [1.165, 1.54) is 0 Å². The number of amides is 1. The van der Waals surface area contributed by atoms with Crippen LogP contribution in [0.5, 0.6) is 0 Å². The second kappa shape index (κ2) is 4.64. The standard InChI is InChI=1S/C9H15N3O2/c1-4-8(13)12-7-5-9(14-3)11-6(2)10-7/h5-6,10H,4H2,1-3H3,(H,12,13). The molecule has 0 spiro atoms. The highest BCUT2D eigenvalue weighted by atomic mass is 16.5. The van der Waals surface area contributed by atoms with Crippen LogP contribution in [-0.4, -0.2) is 25.1 Å². The Morgan fingerprint density at radius 3 is 3.07 bits per heavy atom. The van der Waals surface area contributed by atoms with Crippen molar-refractivity contribution >= 4 is 11.8 Å². The largest absolute Gasteiger partial charge is 0.481 e. The molecule has 1 aliphatic rings. The van der Waals surface area contributed by atoms with Gasteiger partial charge in [0.2, 0.25) is 11.8 Å². The number of rotatable bonds is 2. The molecule has 1 atom stereocenters. The van der Waals surface area contributed by atoms with E-state index in [-0.39, 0.29) is 12.1 Å².